The van der Waals surface area contributed by atoms with Crippen LogP contribution in [0.4, 0.5) is 0 Å². The first-order valence-corrected chi connectivity index (χ1v) is 5.75. The van der Waals surface area contributed by atoms with Crippen molar-refractivity contribution in [3.8, 4) is 0 Å². The molecule has 0 saturated heterocycles. The Morgan fingerprint density at radius 2 is 2.38 bits per heavy atom. The molecule has 0 amide bonds. The second-order valence-electron chi connectivity index (χ2n) is 5.16. The summed E-state index contributed by atoms with van der Waals surface area (Å²) in [6.45, 7) is 2.07. The topological polar surface area (TPSA) is 46.5 Å². The molecule has 0 heterocycles. The van der Waals surface area contributed by atoms with E-state index in [0.29, 0.717) is 5.92 Å². The fourth-order valence-corrected chi connectivity index (χ4v) is 4.05. The second-order valence-corrected chi connectivity index (χ2v) is 5.16. The summed E-state index contributed by atoms with van der Waals surface area (Å²) in [5.74, 6) is 0.358. The van der Waals surface area contributed by atoms with E-state index in [1.54, 1.807) is 6.08 Å². The summed E-state index contributed by atoms with van der Waals surface area (Å²) in [6, 6.07) is 0. The van der Waals surface area contributed by atoms with Gasteiger partial charge in [-0.25, -0.2) is 0 Å². The van der Waals surface area contributed by atoms with Crippen molar-refractivity contribution in [3.63, 3.8) is 0 Å². The summed E-state index contributed by atoms with van der Waals surface area (Å²) in [6.07, 6.45) is 6.33. The third kappa shape index (κ3) is 0.908. The van der Waals surface area contributed by atoms with Crippen LogP contribution in [-0.2, 0) is 9.53 Å². The Labute approximate surface area is 94.8 Å². The standard InChI is InChI=1S/C13H16O3/c1-7-5-8-6-9(7)13(12(15)16-2)4-3-10(14)11(8)13/h3-5,8-11,14H,6H2,1-2H3/t8-,9-,10+,11?,13-/m1/s1. The van der Waals surface area contributed by atoms with Crippen LogP contribution in [0.25, 0.3) is 0 Å². The smallest absolute Gasteiger partial charge is 0.316 e. The fraction of sp³-hybridized carbons (Fsp3) is 0.615. The maximum atomic E-state index is 12.1. The zero-order chi connectivity index (χ0) is 11.5. The van der Waals surface area contributed by atoms with Gasteiger partial charge < -0.3 is 9.84 Å². The molecule has 3 nitrogen and oxygen atoms in total. The van der Waals surface area contributed by atoms with Crippen LogP contribution in [0.5, 0.6) is 0 Å². The highest BCUT2D eigenvalue weighted by molar-refractivity contribution is 5.83. The molecule has 0 spiro atoms. The number of rotatable bonds is 1. The van der Waals surface area contributed by atoms with Gasteiger partial charge in [0.2, 0.25) is 0 Å². The Morgan fingerprint density at radius 1 is 1.62 bits per heavy atom. The molecule has 1 N–H and O–H groups in total. The van der Waals surface area contributed by atoms with Gasteiger partial charge in [-0.1, -0.05) is 23.8 Å². The lowest BCUT2D eigenvalue weighted by Gasteiger charge is -2.36. The van der Waals surface area contributed by atoms with Crippen molar-refractivity contribution < 1.29 is 14.6 Å². The lowest BCUT2D eigenvalue weighted by Crippen LogP contribution is -2.43. The first-order valence-electron chi connectivity index (χ1n) is 5.75. The molecule has 3 heteroatoms. The van der Waals surface area contributed by atoms with Gasteiger partial charge in [0.25, 0.3) is 0 Å². The number of aliphatic hydroxyl groups is 1. The molecular weight excluding hydrogens is 204 g/mol. The number of allylic oxidation sites excluding steroid dienone is 2. The van der Waals surface area contributed by atoms with E-state index in [-0.39, 0.29) is 17.8 Å². The summed E-state index contributed by atoms with van der Waals surface area (Å²) in [7, 11) is 1.43. The van der Waals surface area contributed by atoms with Crippen molar-refractivity contribution in [2.24, 2.45) is 23.2 Å². The average molecular weight is 220 g/mol. The zero-order valence-corrected chi connectivity index (χ0v) is 9.51. The Bertz CT molecular complexity index is 409. The predicted octanol–water partition coefficient (Wildman–Crippen LogP) is 1.29. The summed E-state index contributed by atoms with van der Waals surface area (Å²) in [5.41, 5.74) is 0.683. The minimum Gasteiger partial charge on any atom is -0.468 e. The molecule has 0 aromatic heterocycles. The molecule has 3 aliphatic rings. The van der Waals surface area contributed by atoms with E-state index in [4.69, 9.17) is 4.74 Å². The van der Waals surface area contributed by atoms with Gasteiger partial charge in [-0.05, 0) is 19.3 Å². The zero-order valence-electron chi connectivity index (χ0n) is 9.51. The number of esters is 1. The number of fused-ring (bicyclic) bond motifs is 5. The van der Waals surface area contributed by atoms with E-state index in [2.05, 4.69) is 13.0 Å². The minimum absolute atomic E-state index is 0.00588. The minimum atomic E-state index is -0.586. The Balaban J connectivity index is 2.11. The fourth-order valence-electron chi connectivity index (χ4n) is 4.05. The number of ether oxygens (including phenoxy) is 1. The quantitative estimate of drug-likeness (QED) is 0.535. The lowest BCUT2D eigenvalue weighted by molar-refractivity contribution is -0.155. The van der Waals surface area contributed by atoms with Gasteiger partial charge in [0.1, 0.15) is 0 Å². The van der Waals surface area contributed by atoms with Crippen LogP contribution in [0.1, 0.15) is 13.3 Å². The Morgan fingerprint density at radius 3 is 3.06 bits per heavy atom. The van der Waals surface area contributed by atoms with Crippen LogP contribution in [0, 0.1) is 23.2 Å². The van der Waals surface area contributed by atoms with E-state index >= 15 is 0 Å². The summed E-state index contributed by atoms with van der Waals surface area (Å²) in [5, 5.41) is 9.99. The van der Waals surface area contributed by atoms with Crippen molar-refractivity contribution >= 4 is 5.97 Å². The highest BCUT2D eigenvalue weighted by atomic mass is 16.5. The molecule has 2 bridgehead atoms. The molecular formula is C13H16O3. The predicted molar refractivity (Wildman–Crippen MR) is 58.4 cm³/mol. The number of carbonyl (C=O) groups is 1. The normalized spacial score (nSPS) is 48.1. The molecule has 5 atom stereocenters. The number of hydrogen-bond acceptors (Lipinski definition) is 3. The van der Waals surface area contributed by atoms with Gasteiger partial charge in [-0.2, -0.15) is 0 Å². The maximum absolute atomic E-state index is 12.1. The van der Waals surface area contributed by atoms with E-state index in [1.165, 1.54) is 12.7 Å². The molecule has 3 rings (SSSR count). The first-order chi connectivity index (χ1) is 7.61. The third-order valence-corrected chi connectivity index (χ3v) is 4.60. The van der Waals surface area contributed by atoms with Crippen molar-refractivity contribution in [2.75, 3.05) is 7.11 Å². The van der Waals surface area contributed by atoms with E-state index < -0.39 is 11.5 Å². The molecule has 0 aromatic rings. The number of carbonyl (C=O) groups excluding carboxylic acids is 1. The van der Waals surface area contributed by atoms with Crippen molar-refractivity contribution in [1.82, 2.24) is 0 Å². The Hall–Kier alpha value is -1.09. The number of aliphatic hydroxyl groups excluding tert-OH is 1. The SMILES string of the molecule is COC(=O)[C@@]12C=C[C@H](O)C1[C@@H]1C=C(C)[C@H]2C1. The van der Waals surface area contributed by atoms with Crippen LogP contribution in [0.3, 0.4) is 0 Å². The molecule has 0 radical (unpaired) electrons. The first kappa shape index (κ1) is 10.1. The largest absolute Gasteiger partial charge is 0.468 e. The van der Waals surface area contributed by atoms with Gasteiger partial charge in [0, 0.05) is 11.8 Å². The molecule has 0 aliphatic heterocycles. The van der Waals surface area contributed by atoms with Gasteiger partial charge in [0.15, 0.2) is 0 Å². The van der Waals surface area contributed by atoms with Crippen molar-refractivity contribution in [3.05, 3.63) is 23.8 Å². The number of hydrogen-bond donors (Lipinski definition) is 1. The average Bonchev–Trinajstić information content (AvgIpc) is 2.88. The van der Waals surface area contributed by atoms with Gasteiger partial charge in [-0.3, -0.25) is 4.79 Å². The van der Waals surface area contributed by atoms with Crippen LogP contribution < -0.4 is 0 Å². The molecule has 1 saturated carbocycles. The van der Waals surface area contributed by atoms with E-state index in [9.17, 15) is 9.90 Å². The van der Waals surface area contributed by atoms with Crippen LogP contribution in [0.15, 0.2) is 23.8 Å². The monoisotopic (exact) mass is 220 g/mol. The van der Waals surface area contributed by atoms with E-state index in [1.807, 2.05) is 6.08 Å². The Kier molecular flexibility index (Phi) is 1.88. The highest BCUT2D eigenvalue weighted by Gasteiger charge is 2.65. The molecule has 1 unspecified atom stereocenters. The molecule has 1 fully saturated rings. The maximum Gasteiger partial charge on any atom is 0.316 e. The summed E-state index contributed by atoms with van der Waals surface area (Å²) in [4.78, 5) is 12.1. The van der Waals surface area contributed by atoms with E-state index in [0.717, 1.165) is 6.42 Å². The van der Waals surface area contributed by atoms with Gasteiger partial charge in [-0.15, -0.1) is 0 Å². The van der Waals surface area contributed by atoms with Gasteiger partial charge >= 0.3 is 5.97 Å². The van der Waals surface area contributed by atoms with Crippen molar-refractivity contribution in [1.29, 1.82) is 0 Å². The van der Waals surface area contributed by atoms with Crippen LogP contribution in [-0.4, -0.2) is 24.3 Å². The lowest BCUT2D eigenvalue weighted by atomic mass is 9.68. The summed E-state index contributed by atoms with van der Waals surface area (Å²) < 4.78 is 4.96. The van der Waals surface area contributed by atoms with Crippen molar-refractivity contribution in [2.45, 2.75) is 19.4 Å². The third-order valence-electron chi connectivity index (χ3n) is 4.60. The number of methoxy groups -OCH3 is 1. The molecule has 0 aromatic carbocycles. The summed E-state index contributed by atoms with van der Waals surface area (Å²) >= 11 is 0. The van der Waals surface area contributed by atoms with Crippen LogP contribution >= 0.6 is 0 Å². The molecule has 16 heavy (non-hydrogen) atoms. The molecule has 86 valence electrons. The second kappa shape index (κ2) is 2.98. The molecule has 3 aliphatic carbocycles. The highest BCUT2D eigenvalue weighted by Crippen LogP contribution is 2.63. The van der Waals surface area contributed by atoms with Crippen LogP contribution in [0.2, 0.25) is 0 Å². The van der Waals surface area contributed by atoms with Gasteiger partial charge in [0.05, 0.1) is 18.6 Å².